The van der Waals surface area contributed by atoms with E-state index in [1.165, 1.54) is 6.26 Å². The maximum Gasteiger partial charge on any atom is 0.175 e. The summed E-state index contributed by atoms with van der Waals surface area (Å²) >= 11 is 6.52. The minimum absolute atomic E-state index is 0.321. The van der Waals surface area contributed by atoms with E-state index in [0.717, 1.165) is 27.7 Å². The maximum atomic E-state index is 11.6. The highest BCUT2D eigenvalue weighted by atomic mass is 35.5. The Balaban J connectivity index is 1.53. The van der Waals surface area contributed by atoms with Gasteiger partial charge in [0.05, 0.1) is 4.90 Å². The number of aromatic amines is 1. The van der Waals surface area contributed by atoms with Crippen LogP contribution in [0.2, 0.25) is 0 Å². The number of hydrogen-bond donors (Lipinski definition) is 1. The topological polar surface area (TPSA) is 66.1 Å². The molecule has 1 aromatic carbocycles. The summed E-state index contributed by atoms with van der Waals surface area (Å²) in [6, 6.07) is 10.9. The van der Waals surface area contributed by atoms with Crippen LogP contribution in [0.3, 0.4) is 0 Å². The van der Waals surface area contributed by atoms with Crippen LogP contribution >= 0.6 is 11.6 Å². The summed E-state index contributed by atoms with van der Waals surface area (Å²) in [7, 11) is -3.18. The highest BCUT2D eigenvalue weighted by Gasteiger charge is 2.16. The van der Waals surface area contributed by atoms with E-state index < -0.39 is 9.84 Å². The van der Waals surface area contributed by atoms with Gasteiger partial charge in [-0.25, -0.2) is 13.4 Å². The highest BCUT2D eigenvalue weighted by Crippen LogP contribution is 2.30. The molecule has 0 unspecified atom stereocenters. The van der Waals surface area contributed by atoms with Crippen LogP contribution in [-0.4, -0.2) is 36.1 Å². The summed E-state index contributed by atoms with van der Waals surface area (Å²) in [6.07, 6.45) is 9.00. The third-order valence-electron chi connectivity index (χ3n) is 4.60. The normalized spacial score (nSPS) is 15.0. The van der Waals surface area contributed by atoms with Gasteiger partial charge in [-0.3, -0.25) is 0 Å². The lowest BCUT2D eigenvalue weighted by Gasteiger charge is -2.26. The fourth-order valence-electron chi connectivity index (χ4n) is 3.16. The van der Waals surface area contributed by atoms with Crippen LogP contribution in [-0.2, 0) is 16.4 Å². The second kappa shape index (κ2) is 6.87. The molecule has 0 bridgehead atoms. The van der Waals surface area contributed by atoms with Crippen molar-refractivity contribution in [2.24, 2.45) is 0 Å². The number of H-pyrrole nitrogens is 1. The Kier molecular flexibility index (Phi) is 4.53. The molecule has 0 fully saturated rings. The maximum absolute atomic E-state index is 11.6. The van der Waals surface area contributed by atoms with Gasteiger partial charge in [-0.05, 0) is 41.5 Å². The zero-order valence-electron chi connectivity index (χ0n) is 14.7. The third-order valence-corrected chi connectivity index (χ3v) is 6.07. The molecule has 27 heavy (non-hydrogen) atoms. The van der Waals surface area contributed by atoms with Crippen LogP contribution in [0, 0.1) is 0 Å². The molecule has 7 heteroatoms. The molecule has 1 aliphatic rings. The first-order valence-corrected chi connectivity index (χ1v) is 10.7. The molecular weight excluding hydrogens is 382 g/mol. The molecule has 5 nitrogen and oxygen atoms in total. The zero-order valence-corrected chi connectivity index (χ0v) is 16.3. The van der Waals surface area contributed by atoms with Crippen LogP contribution < -0.4 is 0 Å². The Morgan fingerprint density at radius 1 is 1.22 bits per heavy atom. The van der Waals surface area contributed by atoms with Crippen molar-refractivity contribution >= 4 is 38.0 Å². The summed E-state index contributed by atoms with van der Waals surface area (Å²) in [5, 5.41) is 1.72. The minimum atomic E-state index is -3.18. The number of sulfone groups is 1. The predicted octanol–water partition coefficient (Wildman–Crippen LogP) is 3.95. The SMILES string of the molecule is CS(=O)(=O)c1ccc(CN2CC=C(c3c[nH]c4ncccc34)C=C2Cl)cc1. The second-order valence-corrected chi connectivity index (χ2v) is 8.93. The van der Waals surface area contributed by atoms with Gasteiger partial charge < -0.3 is 9.88 Å². The Hall–Kier alpha value is -2.57. The quantitative estimate of drug-likeness (QED) is 0.674. The lowest BCUT2D eigenvalue weighted by atomic mass is 10.0. The number of pyridine rings is 1. The van der Waals surface area contributed by atoms with Gasteiger partial charge in [-0.15, -0.1) is 0 Å². The molecule has 4 rings (SSSR count). The summed E-state index contributed by atoms with van der Waals surface area (Å²) < 4.78 is 23.1. The van der Waals surface area contributed by atoms with Gasteiger partial charge in [0.25, 0.3) is 0 Å². The average Bonchev–Trinajstić information content (AvgIpc) is 3.07. The number of rotatable bonds is 4. The fraction of sp³-hybridized carbons (Fsp3) is 0.150. The number of nitrogens with zero attached hydrogens (tertiary/aromatic N) is 2. The summed E-state index contributed by atoms with van der Waals surface area (Å²) in [5.41, 5.74) is 3.99. The molecule has 3 aromatic rings. The lowest BCUT2D eigenvalue weighted by molar-refractivity contribution is 0.394. The number of benzene rings is 1. The lowest BCUT2D eigenvalue weighted by Crippen LogP contribution is -2.22. The Morgan fingerprint density at radius 3 is 2.70 bits per heavy atom. The second-order valence-electron chi connectivity index (χ2n) is 6.53. The van der Waals surface area contributed by atoms with Gasteiger partial charge in [0.2, 0.25) is 0 Å². The molecule has 3 heterocycles. The van der Waals surface area contributed by atoms with E-state index in [0.29, 0.717) is 23.1 Å². The van der Waals surface area contributed by atoms with Crippen LogP contribution in [0.1, 0.15) is 11.1 Å². The van der Waals surface area contributed by atoms with Crippen molar-refractivity contribution in [3.8, 4) is 0 Å². The van der Waals surface area contributed by atoms with Crippen molar-refractivity contribution in [3.63, 3.8) is 0 Å². The molecule has 1 N–H and O–H groups in total. The smallest absolute Gasteiger partial charge is 0.175 e. The Labute approximate surface area is 162 Å². The summed E-state index contributed by atoms with van der Waals surface area (Å²) in [4.78, 5) is 9.86. The van der Waals surface area contributed by atoms with Crippen molar-refractivity contribution in [2.45, 2.75) is 11.4 Å². The van der Waals surface area contributed by atoms with Crippen molar-refractivity contribution in [1.29, 1.82) is 0 Å². The number of hydrogen-bond acceptors (Lipinski definition) is 4. The number of aromatic nitrogens is 2. The highest BCUT2D eigenvalue weighted by molar-refractivity contribution is 7.90. The molecule has 0 saturated heterocycles. The molecule has 0 atom stereocenters. The first-order valence-electron chi connectivity index (χ1n) is 8.45. The zero-order chi connectivity index (χ0) is 19.0. The van der Waals surface area contributed by atoms with Gasteiger partial charge in [0, 0.05) is 42.7 Å². The van der Waals surface area contributed by atoms with E-state index in [9.17, 15) is 8.42 Å². The first kappa shape index (κ1) is 17.8. The van der Waals surface area contributed by atoms with Crippen molar-refractivity contribution in [1.82, 2.24) is 14.9 Å². The standard InChI is InChI=1S/C20H18ClN3O2S/c1-27(25,26)16-6-4-14(5-7-16)13-24-10-8-15(11-19(24)21)18-12-23-20-17(18)3-2-9-22-20/h2-9,11-12H,10,13H2,1H3,(H,22,23). The summed E-state index contributed by atoms with van der Waals surface area (Å²) in [6.45, 7) is 1.28. The van der Waals surface area contributed by atoms with Gasteiger partial charge >= 0.3 is 0 Å². The first-order chi connectivity index (χ1) is 12.9. The number of nitrogens with one attached hydrogen (secondary N) is 1. The van der Waals surface area contributed by atoms with Crippen LogP contribution in [0.25, 0.3) is 16.6 Å². The molecule has 0 aliphatic carbocycles. The van der Waals surface area contributed by atoms with Crippen LogP contribution in [0.15, 0.2) is 71.0 Å². The van der Waals surface area contributed by atoms with Gasteiger partial charge in [-0.1, -0.05) is 29.8 Å². The molecule has 0 amide bonds. The number of allylic oxidation sites excluding steroid dienone is 2. The minimum Gasteiger partial charge on any atom is -0.354 e. The van der Waals surface area contributed by atoms with E-state index in [1.807, 2.05) is 41.4 Å². The summed E-state index contributed by atoms with van der Waals surface area (Å²) in [5.74, 6) is 0. The van der Waals surface area contributed by atoms with Crippen molar-refractivity contribution in [2.75, 3.05) is 12.8 Å². The average molecular weight is 400 g/mol. The van der Waals surface area contributed by atoms with E-state index in [2.05, 4.69) is 16.0 Å². The van der Waals surface area contributed by atoms with E-state index in [-0.39, 0.29) is 0 Å². The van der Waals surface area contributed by atoms with E-state index in [4.69, 9.17) is 11.6 Å². The van der Waals surface area contributed by atoms with Gasteiger partial charge in [0.1, 0.15) is 10.8 Å². The predicted molar refractivity (Wildman–Crippen MR) is 108 cm³/mol. The molecule has 1 aliphatic heterocycles. The Bertz CT molecular complexity index is 1160. The molecule has 0 saturated carbocycles. The number of halogens is 1. The molecule has 138 valence electrons. The fourth-order valence-corrected chi connectivity index (χ4v) is 4.04. The monoisotopic (exact) mass is 399 g/mol. The largest absolute Gasteiger partial charge is 0.354 e. The number of fused-ring (bicyclic) bond motifs is 1. The van der Waals surface area contributed by atoms with E-state index in [1.54, 1.807) is 18.3 Å². The molecule has 2 aromatic heterocycles. The molecule has 0 spiro atoms. The van der Waals surface area contributed by atoms with E-state index >= 15 is 0 Å². The van der Waals surface area contributed by atoms with Crippen LogP contribution in [0.5, 0.6) is 0 Å². The van der Waals surface area contributed by atoms with Crippen LogP contribution in [0.4, 0.5) is 0 Å². The van der Waals surface area contributed by atoms with Crippen molar-refractivity contribution < 1.29 is 8.42 Å². The van der Waals surface area contributed by atoms with Crippen molar-refractivity contribution in [3.05, 3.63) is 77.2 Å². The van der Waals surface area contributed by atoms with Gasteiger partial charge in [-0.2, -0.15) is 0 Å². The molecule has 0 radical (unpaired) electrons. The third kappa shape index (κ3) is 3.63. The Morgan fingerprint density at radius 2 is 2.00 bits per heavy atom. The molecular formula is C20H18ClN3O2S. The van der Waals surface area contributed by atoms with Gasteiger partial charge in [0.15, 0.2) is 9.84 Å².